The molecule has 0 aliphatic rings. The fourth-order valence-electron chi connectivity index (χ4n) is 1.36. The van der Waals surface area contributed by atoms with Gasteiger partial charge in [-0.3, -0.25) is 0 Å². The van der Waals surface area contributed by atoms with E-state index in [0.717, 1.165) is 13.1 Å². The number of benzene rings is 1. The second-order valence-electron chi connectivity index (χ2n) is 3.89. The fraction of sp³-hybridized carbons (Fsp3) is 0.500. The lowest BCUT2D eigenvalue weighted by atomic mass is 10.1. The van der Waals surface area contributed by atoms with Crippen LogP contribution in [0.15, 0.2) is 30.3 Å². The highest BCUT2D eigenvalue weighted by molar-refractivity contribution is 5.17. The Labute approximate surface area is 86.9 Å². The first-order valence-electron chi connectivity index (χ1n) is 5.13. The summed E-state index contributed by atoms with van der Waals surface area (Å²) in [7, 11) is 4.18. The zero-order valence-electron chi connectivity index (χ0n) is 9.33. The monoisotopic (exact) mass is 192 g/mol. The Bertz CT molecular complexity index is 244. The summed E-state index contributed by atoms with van der Waals surface area (Å²) in [5.41, 5.74) is 1.35. The molecule has 14 heavy (non-hydrogen) atoms. The maximum Gasteiger partial charge on any atom is 0.0292 e. The van der Waals surface area contributed by atoms with E-state index in [2.05, 4.69) is 61.6 Å². The number of nitrogens with one attached hydrogen (secondary N) is 1. The van der Waals surface area contributed by atoms with Gasteiger partial charge >= 0.3 is 0 Å². The number of hydrogen-bond acceptors (Lipinski definition) is 2. The molecule has 78 valence electrons. The number of hydrogen-bond donors (Lipinski definition) is 1. The summed E-state index contributed by atoms with van der Waals surface area (Å²) in [5.74, 6) is 0. The van der Waals surface area contributed by atoms with Gasteiger partial charge in [-0.1, -0.05) is 30.3 Å². The van der Waals surface area contributed by atoms with Crippen molar-refractivity contribution in [3.8, 4) is 0 Å². The van der Waals surface area contributed by atoms with Gasteiger partial charge in [-0.2, -0.15) is 0 Å². The normalized spacial score (nSPS) is 13.1. The van der Waals surface area contributed by atoms with Crippen LogP contribution < -0.4 is 5.32 Å². The second kappa shape index (κ2) is 5.78. The Morgan fingerprint density at radius 3 is 2.43 bits per heavy atom. The topological polar surface area (TPSA) is 15.3 Å². The molecule has 0 amide bonds. The van der Waals surface area contributed by atoms with Crippen LogP contribution in [0.3, 0.4) is 0 Å². The van der Waals surface area contributed by atoms with Crippen molar-refractivity contribution in [2.24, 2.45) is 0 Å². The minimum Gasteiger partial charge on any atom is -0.309 e. The minimum absolute atomic E-state index is 0.441. The van der Waals surface area contributed by atoms with Gasteiger partial charge in [0, 0.05) is 19.1 Å². The molecule has 0 fully saturated rings. The third-order valence-corrected chi connectivity index (χ3v) is 2.31. The first-order valence-corrected chi connectivity index (χ1v) is 5.13. The van der Waals surface area contributed by atoms with Gasteiger partial charge in [-0.25, -0.2) is 0 Å². The van der Waals surface area contributed by atoms with E-state index in [-0.39, 0.29) is 0 Å². The molecule has 0 heterocycles. The Balaban J connectivity index is 2.32. The quantitative estimate of drug-likeness (QED) is 0.766. The van der Waals surface area contributed by atoms with Crippen molar-refractivity contribution in [3.63, 3.8) is 0 Å². The van der Waals surface area contributed by atoms with Crippen molar-refractivity contribution in [2.45, 2.75) is 13.0 Å². The van der Waals surface area contributed by atoms with E-state index in [4.69, 9.17) is 0 Å². The standard InChI is InChI=1S/C12H20N2/c1-11(13-9-10-14(2)3)12-7-5-4-6-8-12/h4-8,11,13H,9-10H2,1-3H3/t11-/m0/s1. The van der Waals surface area contributed by atoms with E-state index in [1.165, 1.54) is 5.56 Å². The van der Waals surface area contributed by atoms with E-state index < -0.39 is 0 Å². The molecule has 1 rings (SSSR count). The largest absolute Gasteiger partial charge is 0.309 e. The lowest BCUT2D eigenvalue weighted by Gasteiger charge is -2.16. The van der Waals surface area contributed by atoms with E-state index in [1.54, 1.807) is 0 Å². The van der Waals surface area contributed by atoms with Gasteiger partial charge in [0.25, 0.3) is 0 Å². The highest BCUT2D eigenvalue weighted by atomic mass is 15.1. The van der Waals surface area contributed by atoms with Crippen LogP contribution in [0.1, 0.15) is 18.5 Å². The summed E-state index contributed by atoms with van der Waals surface area (Å²) in [4.78, 5) is 2.19. The molecule has 0 saturated carbocycles. The maximum absolute atomic E-state index is 3.49. The van der Waals surface area contributed by atoms with Crippen molar-refractivity contribution in [1.29, 1.82) is 0 Å². The van der Waals surface area contributed by atoms with Crippen molar-refractivity contribution in [3.05, 3.63) is 35.9 Å². The lowest BCUT2D eigenvalue weighted by Crippen LogP contribution is -2.28. The number of rotatable bonds is 5. The average molecular weight is 192 g/mol. The molecule has 0 radical (unpaired) electrons. The highest BCUT2D eigenvalue weighted by Gasteiger charge is 2.02. The van der Waals surface area contributed by atoms with Crippen LogP contribution in [0.25, 0.3) is 0 Å². The summed E-state index contributed by atoms with van der Waals surface area (Å²) in [6.07, 6.45) is 0. The summed E-state index contributed by atoms with van der Waals surface area (Å²) in [6.45, 7) is 4.31. The Hall–Kier alpha value is -0.860. The van der Waals surface area contributed by atoms with Crippen LogP contribution >= 0.6 is 0 Å². The molecule has 1 aromatic rings. The zero-order valence-corrected chi connectivity index (χ0v) is 9.33. The molecular formula is C12H20N2. The molecule has 1 N–H and O–H groups in total. The van der Waals surface area contributed by atoms with E-state index in [1.807, 2.05) is 0 Å². The average Bonchev–Trinajstić information content (AvgIpc) is 2.18. The van der Waals surface area contributed by atoms with E-state index in [9.17, 15) is 0 Å². The first kappa shape index (κ1) is 11.2. The number of likely N-dealkylation sites (N-methyl/N-ethyl adjacent to an activating group) is 1. The van der Waals surface area contributed by atoms with Gasteiger partial charge in [0.2, 0.25) is 0 Å². The molecule has 0 saturated heterocycles. The van der Waals surface area contributed by atoms with Crippen LogP contribution in [0.5, 0.6) is 0 Å². The predicted molar refractivity (Wildman–Crippen MR) is 61.4 cm³/mol. The first-order chi connectivity index (χ1) is 6.70. The van der Waals surface area contributed by atoms with Crippen LogP contribution in [0, 0.1) is 0 Å². The molecule has 1 atom stereocenters. The van der Waals surface area contributed by atoms with E-state index >= 15 is 0 Å². The molecule has 0 bridgehead atoms. The van der Waals surface area contributed by atoms with Crippen LogP contribution in [-0.2, 0) is 0 Å². The van der Waals surface area contributed by atoms with E-state index in [0.29, 0.717) is 6.04 Å². The highest BCUT2D eigenvalue weighted by Crippen LogP contribution is 2.10. The summed E-state index contributed by atoms with van der Waals surface area (Å²) in [6, 6.07) is 11.0. The summed E-state index contributed by atoms with van der Waals surface area (Å²) < 4.78 is 0. The minimum atomic E-state index is 0.441. The molecule has 0 aromatic heterocycles. The second-order valence-corrected chi connectivity index (χ2v) is 3.89. The SMILES string of the molecule is C[C@H](NCCN(C)C)c1ccccc1. The van der Waals surface area contributed by atoms with Crippen molar-refractivity contribution < 1.29 is 0 Å². The Morgan fingerprint density at radius 1 is 1.21 bits per heavy atom. The van der Waals surface area contributed by atoms with Gasteiger partial charge in [-0.15, -0.1) is 0 Å². The Kier molecular flexibility index (Phi) is 4.63. The lowest BCUT2D eigenvalue weighted by molar-refractivity contribution is 0.389. The van der Waals surface area contributed by atoms with Gasteiger partial charge in [0.1, 0.15) is 0 Å². The van der Waals surface area contributed by atoms with Crippen LogP contribution in [0.4, 0.5) is 0 Å². The van der Waals surface area contributed by atoms with Gasteiger partial charge in [0.15, 0.2) is 0 Å². The van der Waals surface area contributed by atoms with Gasteiger partial charge < -0.3 is 10.2 Å². The summed E-state index contributed by atoms with van der Waals surface area (Å²) in [5, 5.41) is 3.49. The molecule has 0 aliphatic carbocycles. The zero-order chi connectivity index (χ0) is 10.4. The van der Waals surface area contributed by atoms with Crippen LogP contribution in [-0.4, -0.2) is 32.1 Å². The Morgan fingerprint density at radius 2 is 1.86 bits per heavy atom. The predicted octanol–water partition coefficient (Wildman–Crippen LogP) is 1.90. The van der Waals surface area contributed by atoms with Gasteiger partial charge in [0.05, 0.1) is 0 Å². The maximum atomic E-state index is 3.49. The van der Waals surface area contributed by atoms with Gasteiger partial charge in [-0.05, 0) is 26.6 Å². The van der Waals surface area contributed by atoms with Crippen molar-refractivity contribution in [1.82, 2.24) is 10.2 Å². The summed E-state index contributed by atoms with van der Waals surface area (Å²) >= 11 is 0. The molecular weight excluding hydrogens is 172 g/mol. The third kappa shape index (κ3) is 3.90. The van der Waals surface area contributed by atoms with Crippen molar-refractivity contribution in [2.75, 3.05) is 27.2 Å². The molecule has 2 heteroatoms. The molecule has 0 aliphatic heterocycles. The third-order valence-electron chi connectivity index (χ3n) is 2.31. The van der Waals surface area contributed by atoms with Crippen molar-refractivity contribution >= 4 is 0 Å². The fourth-order valence-corrected chi connectivity index (χ4v) is 1.36. The van der Waals surface area contributed by atoms with Crippen LogP contribution in [0.2, 0.25) is 0 Å². The molecule has 2 nitrogen and oxygen atoms in total. The smallest absolute Gasteiger partial charge is 0.0292 e. The molecule has 0 spiro atoms. The molecule has 0 unspecified atom stereocenters. The number of nitrogens with zero attached hydrogens (tertiary/aromatic N) is 1. The molecule has 1 aromatic carbocycles.